The first-order valence-corrected chi connectivity index (χ1v) is 7.53. The third kappa shape index (κ3) is 3.92. The van der Waals surface area contributed by atoms with Crippen molar-refractivity contribution in [2.75, 3.05) is 7.05 Å². The minimum atomic E-state index is -0.136. The lowest BCUT2D eigenvalue weighted by molar-refractivity contribution is 0.574. The number of likely N-dealkylation sites (N-methyl/N-ethyl adjacent to an activating group) is 1. The largest absolute Gasteiger partial charge is 0.313 e. The summed E-state index contributed by atoms with van der Waals surface area (Å²) in [5, 5.41) is 3.28. The van der Waals surface area contributed by atoms with E-state index in [1.165, 1.54) is 11.1 Å². The van der Waals surface area contributed by atoms with Crippen molar-refractivity contribution in [3.05, 3.63) is 70.5 Å². The molecule has 0 radical (unpaired) electrons. The maximum absolute atomic E-state index is 13.7. The summed E-state index contributed by atoms with van der Waals surface area (Å²) in [7, 11) is 1.92. The highest BCUT2D eigenvalue weighted by Gasteiger charge is 2.12. The summed E-state index contributed by atoms with van der Waals surface area (Å²) in [6.07, 6.45) is 0.859. The molecule has 2 heteroatoms. The molecule has 0 amide bonds. The first kappa shape index (κ1) is 15.7. The van der Waals surface area contributed by atoms with Crippen LogP contribution in [0.25, 0.3) is 0 Å². The second-order valence-corrected chi connectivity index (χ2v) is 5.95. The minimum absolute atomic E-state index is 0.130. The lowest BCUT2D eigenvalue weighted by Gasteiger charge is -2.18. The van der Waals surface area contributed by atoms with Gasteiger partial charge in [0.2, 0.25) is 0 Å². The van der Waals surface area contributed by atoms with Crippen LogP contribution in [0.3, 0.4) is 0 Å². The topological polar surface area (TPSA) is 12.0 Å². The molecule has 2 aromatic rings. The SMILES string of the molecule is CNC(Cc1ccc(C(C)C)cc1)c1ccc(C)c(F)c1. The van der Waals surface area contributed by atoms with E-state index in [0.29, 0.717) is 11.5 Å². The van der Waals surface area contributed by atoms with Gasteiger partial charge in [0.25, 0.3) is 0 Å². The average Bonchev–Trinajstić information content (AvgIpc) is 2.48. The van der Waals surface area contributed by atoms with Gasteiger partial charge in [-0.05, 0) is 54.6 Å². The van der Waals surface area contributed by atoms with Gasteiger partial charge in [-0.3, -0.25) is 0 Å². The van der Waals surface area contributed by atoms with Crippen LogP contribution >= 0.6 is 0 Å². The number of nitrogens with one attached hydrogen (secondary N) is 1. The fourth-order valence-corrected chi connectivity index (χ4v) is 2.49. The summed E-state index contributed by atoms with van der Waals surface area (Å²) in [5.41, 5.74) is 4.30. The van der Waals surface area contributed by atoms with Crippen molar-refractivity contribution in [3.8, 4) is 0 Å². The van der Waals surface area contributed by atoms with E-state index in [1.807, 2.05) is 19.2 Å². The van der Waals surface area contributed by atoms with Crippen molar-refractivity contribution in [1.29, 1.82) is 0 Å². The fraction of sp³-hybridized carbons (Fsp3) is 0.368. The van der Waals surface area contributed by atoms with E-state index >= 15 is 0 Å². The summed E-state index contributed by atoms with van der Waals surface area (Å²) in [4.78, 5) is 0. The minimum Gasteiger partial charge on any atom is -0.313 e. The second kappa shape index (κ2) is 6.86. The number of benzene rings is 2. The Morgan fingerprint density at radius 3 is 2.14 bits per heavy atom. The Balaban J connectivity index is 2.16. The third-order valence-electron chi connectivity index (χ3n) is 4.03. The van der Waals surface area contributed by atoms with Gasteiger partial charge in [0.1, 0.15) is 5.82 Å². The van der Waals surface area contributed by atoms with Gasteiger partial charge in [-0.15, -0.1) is 0 Å². The smallest absolute Gasteiger partial charge is 0.126 e. The zero-order chi connectivity index (χ0) is 15.4. The molecule has 1 nitrogen and oxygen atoms in total. The number of hydrogen-bond donors (Lipinski definition) is 1. The van der Waals surface area contributed by atoms with Gasteiger partial charge in [0, 0.05) is 6.04 Å². The maximum atomic E-state index is 13.7. The Labute approximate surface area is 127 Å². The lowest BCUT2D eigenvalue weighted by Crippen LogP contribution is -2.19. The van der Waals surface area contributed by atoms with Crippen LogP contribution in [0.2, 0.25) is 0 Å². The van der Waals surface area contributed by atoms with Gasteiger partial charge >= 0.3 is 0 Å². The zero-order valence-electron chi connectivity index (χ0n) is 13.3. The van der Waals surface area contributed by atoms with E-state index in [1.54, 1.807) is 13.0 Å². The van der Waals surface area contributed by atoms with Crippen LogP contribution in [0.5, 0.6) is 0 Å². The van der Waals surface area contributed by atoms with E-state index < -0.39 is 0 Å². The molecular formula is C19H24FN. The normalized spacial score (nSPS) is 12.7. The van der Waals surface area contributed by atoms with Crippen LogP contribution in [0.15, 0.2) is 42.5 Å². The van der Waals surface area contributed by atoms with Gasteiger partial charge in [0.05, 0.1) is 0 Å². The molecule has 0 aliphatic rings. The Bertz CT molecular complexity index is 587. The van der Waals surface area contributed by atoms with E-state index in [-0.39, 0.29) is 11.9 Å². The van der Waals surface area contributed by atoms with Crippen LogP contribution in [0.1, 0.15) is 48.1 Å². The predicted octanol–water partition coefficient (Wildman–Crippen LogP) is 4.76. The van der Waals surface area contributed by atoms with Crippen LogP contribution in [0.4, 0.5) is 4.39 Å². The molecule has 0 bridgehead atoms. The van der Waals surface area contributed by atoms with E-state index in [2.05, 4.69) is 43.4 Å². The predicted molar refractivity (Wildman–Crippen MR) is 87.2 cm³/mol. The van der Waals surface area contributed by atoms with Crippen molar-refractivity contribution < 1.29 is 4.39 Å². The highest BCUT2D eigenvalue weighted by atomic mass is 19.1. The molecule has 0 saturated heterocycles. The van der Waals surface area contributed by atoms with Gasteiger partial charge < -0.3 is 5.32 Å². The average molecular weight is 285 g/mol. The van der Waals surface area contributed by atoms with Crippen LogP contribution in [-0.2, 0) is 6.42 Å². The lowest BCUT2D eigenvalue weighted by atomic mass is 9.95. The fourth-order valence-electron chi connectivity index (χ4n) is 2.49. The Hall–Kier alpha value is -1.67. The Morgan fingerprint density at radius 2 is 1.62 bits per heavy atom. The van der Waals surface area contributed by atoms with Gasteiger partial charge in [-0.2, -0.15) is 0 Å². The van der Waals surface area contributed by atoms with Crippen molar-refractivity contribution in [3.63, 3.8) is 0 Å². The summed E-state index contributed by atoms with van der Waals surface area (Å²) < 4.78 is 13.7. The van der Waals surface area contributed by atoms with Crippen molar-refractivity contribution in [2.45, 2.75) is 39.2 Å². The highest BCUT2D eigenvalue weighted by molar-refractivity contribution is 5.29. The molecule has 1 N–H and O–H groups in total. The molecule has 0 heterocycles. The molecular weight excluding hydrogens is 261 g/mol. The first-order valence-electron chi connectivity index (χ1n) is 7.53. The van der Waals surface area contributed by atoms with E-state index in [9.17, 15) is 4.39 Å². The Kier molecular flexibility index (Phi) is 5.13. The standard InChI is InChI=1S/C19H24FN/c1-13(2)16-9-6-15(7-10-16)11-19(21-4)17-8-5-14(3)18(20)12-17/h5-10,12-13,19,21H,11H2,1-4H3. The van der Waals surface area contributed by atoms with Crippen molar-refractivity contribution in [1.82, 2.24) is 5.32 Å². The molecule has 0 fully saturated rings. The summed E-state index contributed by atoms with van der Waals surface area (Å²) >= 11 is 0. The molecule has 0 aliphatic heterocycles. The molecule has 0 aliphatic carbocycles. The monoisotopic (exact) mass is 285 g/mol. The van der Waals surface area contributed by atoms with Gasteiger partial charge in [-0.1, -0.05) is 50.2 Å². The molecule has 1 unspecified atom stereocenters. The molecule has 0 saturated carbocycles. The Morgan fingerprint density at radius 1 is 1.00 bits per heavy atom. The number of halogens is 1. The second-order valence-electron chi connectivity index (χ2n) is 5.95. The number of rotatable bonds is 5. The van der Waals surface area contributed by atoms with Crippen LogP contribution in [-0.4, -0.2) is 7.05 Å². The summed E-state index contributed by atoms with van der Waals surface area (Å²) in [6, 6.07) is 14.3. The van der Waals surface area contributed by atoms with Crippen molar-refractivity contribution >= 4 is 0 Å². The molecule has 2 aromatic carbocycles. The summed E-state index contributed by atoms with van der Waals surface area (Å²) in [5.74, 6) is 0.410. The zero-order valence-corrected chi connectivity index (χ0v) is 13.3. The molecule has 0 spiro atoms. The number of aryl methyl sites for hydroxylation is 1. The number of hydrogen-bond acceptors (Lipinski definition) is 1. The quantitative estimate of drug-likeness (QED) is 0.835. The van der Waals surface area contributed by atoms with Gasteiger partial charge in [0.15, 0.2) is 0 Å². The van der Waals surface area contributed by atoms with E-state index in [0.717, 1.165) is 12.0 Å². The molecule has 0 aromatic heterocycles. The molecule has 2 rings (SSSR count). The summed E-state index contributed by atoms with van der Waals surface area (Å²) in [6.45, 7) is 6.18. The third-order valence-corrected chi connectivity index (χ3v) is 4.03. The van der Waals surface area contributed by atoms with Crippen molar-refractivity contribution in [2.24, 2.45) is 0 Å². The maximum Gasteiger partial charge on any atom is 0.126 e. The first-order chi connectivity index (χ1) is 10.0. The molecule has 112 valence electrons. The highest BCUT2D eigenvalue weighted by Crippen LogP contribution is 2.22. The molecule has 21 heavy (non-hydrogen) atoms. The van der Waals surface area contributed by atoms with Crippen LogP contribution < -0.4 is 5.32 Å². The van der Waals surface area contributed by atoms with E-state index in [4.69, 9.17) is 0 Å². The van der Waals surface area contributed by atoms with Gasteiger partial charge in [-0.25, -0.2) is 4.39 Å². The molecule has 1 atom stereocenters. The van der Waals surface area contributed by atoms with Crippen LogP contribution in [0, 0.1) is 12.7 Å².